The Bertz CT molecular complexity index is 85.7. The quantitative estimate of drug-likeness (QED) is 0.362. The molecule has 0 heterocycles. The van der Waals surface area contributed by atoms with E-state index in [0.717, 1.165) is 24.5 Å². The first kappa shape index (κ1) is 13.5. The predicted octanol–water partition coefficient (Wildman–Crippen LogP) is 2.16. The van der Waals surface area contributed by atoms with Gasteiger partial charge in [-0.2, -0.15) is 0 Å². The molecule has 0 fully saturated rings. The minimum Gasteiger partial charge on any atom is -0.487 e. The standard InChI is InChI=1S/C7H14OS.Na/c1-3-5-6-8-7(9)4-2;/h3-6H2,1-2H3;. The number of hydrogen-bond donors (Lipinski definition) is 0. The Morgan fingerprint density at radius 3 is 2.40 bits per heavy atom. The first-order valence-corrected chi connectivity index (χ1v) is 3.87. The molecule has 0 amide bonds. The van der Waals surface area contributed by atoms with E-state index in [1.54, 1.807) is 0 Å². The third kappa shape index (κ3) is 8.89. The minimum absolute atomic E-state index is 0. The zero-order chi connectivity index (χ0) is 7.11. The maximum Gasteiger partial charge on any atom is 0.159 e. The molecule has 0 saturated carbocycles. The van der Waals surface area contributed by atoms with Crippen molar-refractivity contribution in [1.29, 1.82) is 0 Å². The second-order valence-corrected chi connectivity index (χ2v) is 2.38. The smallest absolute Gasteiger partial charge is 0.159 e. The van der Waals surface area contributed by atoms with Crippen LogP contribution in [0.3, 0.4) is 0 Å². The summed E-state index contributed by atoms with van der Waals surface area (Å²) in [7, 11) is 0. The van der Waals surface area contributed by atoms with Gasteiger partial charge in [-0.05, 0) is 18.6 Å². The molecule has 0 aromatic rings. The molecule has 1 nitrogen and oxygen atoms in total. The van der Waals surface area contributed by atoms with Crippen LogP contribution in [0.4, 0.5) is 0 Å². The minimum atomic E-state index is 0. The normalized spacial score (nSPS) is 8.20. The Morgan fingerprint density at radius 2 is 2.00 bits per heavy atom. The monoisotopic (exact) mass is 169 g/mol. The van der Waals surface area contributed by atoms with Crippen LogP contribution in [-0.4, -0.2) is 41.2 Å². The summed E-state index contributed by atoms with van der Waals surface area (Å²) in [5.74, 6) is 0. The van der Waals surface area contributed by atoms with E-state index in [2.05, 4.69) is 6.92 Å². The van der Waals surface area contributed by atoms with Crippen molar-refractivity contribution in [2.45, 2.75) is 33.1 Å². The van der Waals surface area contributed by atoms with Crippen molar-refractivity contribution in [3.63, 3.8) is 0 Å². The molecule has 0 bridgehead atoms. The van der Waals surface area contributed by atoms with E-state index in [1.165, 1.54) is 6.42 Å². The summed E-state index contributed by atoms with van der Waals surface area (Å²) >= 11 is 4.85. The summed E-state index contributed by atoms with van der Waals surface area (Å²) in [4.78, 5) is 0. The number of unbranched alkanes of at least 4 members (excludes halogenated alkanes) is 1. The third-order valence-corrected chi connectivity index (χ3v) is 1.46. The summed E-state index contributed by atoms with van der Waals surface area (Å²) in [5.41, 5.74) is 0. The summed E-state index contributed by atoms with van der Waals surface area (Å²) in [6, 6.07) is 0. The molecule has 0 atom stereocenters. The Labute approximate surface area is 90.8 Å². The second kappa shape index (κ2) is 9.89. The fourth-order valence-electron chi connectivity index (χ4n) is 0.432. The van der Waals surface area contributed by atoms with Gasteiger partial charge in [-0.25, -0.2) is 0 Å². The molecule has 0 aliphatic heterocycles. The number of thiocarbonyl (C=S) groups is 1. The molecule has 0 unspecified atom stereocenters. The second-order valence-electron chi connectivity index (χ2n) is 1.93. The van der Waals surface area contributed by atoms with Gasteiger partial charge in [0.1, 0.15) is 0 Å². The predicted molar refractivity (Wildman–Crippen MR) is 49.5 cm³/mol. The van der Waals surface area contributed by atoms with E-state index >= 15 is 0 Å². The van der Waals surface area contributed by atoms with Gasteiger partial charge in [-0.3, -0.25) is 0 Å². The summed E-state index contributed by atoms with van der Waals surface area (Å²) in [6.45, 7) is 4.94. The fraction of sp³-hybridized carbons (Fsp3) is 0.857. The van der Waals surface area contributed by atoms with Crippen LogP contribution < -0.4 is 0 Å². The number of rotatable bonds is 4. The van der Waals surface area contributed by atoms with Gasteiger partial charge in [0, 0.05) is 36.0 Å². The molecule has 55 valence electrons. The van der Waals surface area contributed by atoms with Crippen molar-refractivity contribution in [3.05, 3.63) is 0 Å². The van der Waals surface area contributed by atoms with Crippen LogP contribution >= 0.6 is 12.2 Å². The SMILES string of the molecule is CCCCOC(=S)CC.[Na]. The molecule has 3 heteroatoms. The van der Waals surface area contributed by atoms with E-state index < -0.39 is 0 Å². The van der Waals surface area contributed by atoms with Gasteiger partial charge in [0.15, 0.2) is 5.05 Å². The van der Waals surface area contributed by atoms with Crippen molar-refractivity contribution < 1.29 is 4.74 Å². The van der Waals surface area contributed by atoms with Crippen molar-refractivity contribution in [1.82, 2.24) is 0 Å². The van der Waals surface area contributed by atoms with Crippen molar-refractivity contribution in [2.75, 3.05) is 6.61 Å². The average Bonchev–Trinajstić information content (AvgIpc) is 1.89. The Morgan fingerprint density at radius 1 is 1.40 bits per heavy atom. The largest absolute Gasteiger partial charge is 0.487 e. The van der Waals surface area contributed by atoms with Crippen molar-refractivity contribution in [2.24, 2.45) is 0 Å². The fourth-order valence-corrected chi connectivity index (χ4v) is 0.516. The third-order valence-electron chi connectivity index (χ3n) is 1.05. The van der Waals surface area contributed by atoms with Crippen LogP contribution in [0.2, 0.25) is 0 Å². The van der Waals surface area contributed by atoms with E-state index in [-0.39, 0.29) is 29.6 Å². The first-order chi connectivity index (χ1) is 4.31. The molecule has 0 saturated heterocycles. The van der Waals surface area contributed by atoms with E-state index in [1.807, 2.05) is 6.92 Å². The summed E-state index contributed by atoms with van der Waals surface area (Å²) in [6.07, 6.45) is 3.14. The Balaban J connectivity index is 0. The Hall–Kier alpha value is 0.890. The molecular formula is C7H14NaOS. The molecule has 0 N–H and O–H groups in total. The number of hydrogen-bond acceptors (Lipinski definition) is 2. The van der Waals surface area contributed by atoms with Crippen LogP contribution in [0, 0.1) is 0 Å². The molecule has 10 heavy (non-hydrogen) atoms. The van der Waals surface area contributed by atoms with E-state index in [4.69, 9.17) is 17.0 Å². The maximum atomic E-state index is 5.16. The Kier molecular flexibility index (Phi) is 13.3. The summed E-state index contributed by atoms with van der Waals surface area (Å²) < 4.78 is 5.16. The van der Waals surface area contributed by atoms with Gasteiger partial charge in [0.25, 0.3) is 0 Å². The van der Waals surface area contributed by atoms with Crippen LogP contribution in [-0.2, 0) is 4.74 Å². The zero-order valence-corrected chi connectivity index (χ0v) is 9.96. The van der Waals surface area contributed by atoms with Crippen molar-refractivity contribution in [3.8, 4) is 0 Å². The van der Waals surface area contributed by atoms with Crippen LogP contribution in [0.5, 0.6) is 0 Å². The molecule has 0 spiro atoms. The summed E-state index contributed by atoms with van der Waals surface area (Å²) in [5, 5.41) is 0.739. The molecule has 0 aliphatic rings. The molecule has 0 aromatic carbocycles. The van der Waals surface area contributed by atoms with E-state index in [0.29, 0.717) is 0 Å². The average molecular weight is 169 g/mol. The maximum absolute atomic E-state index is 5.16. The van der Waals surface area contributed by atoms with Gasteiger partial charge in [0.2, 0.25) is 0 Å². The van der Waals surface area contributed by atoms with Gasteiger partial charge in [-0.1, -0.05) is 20.3 Å². The molecule has 0 aliphatic carbocycles. The van der Waals surface area contributed by atoms with Gasteiger partial charge in [0.05, 0.1) is 6.61 Å². The van der Waals surface area contributed by atoms with E-state index in [9.17, 15) is 0 Å². The van der Waals surface area contributed by atoms with Gasteiger partial charge >= 0.3 is 0 Å². The zero-order valence-electron chi connectivity index (χ0n) is 7.14. The first-order valence-electron chi connectivity index (χ1n) is 3.46. The van der Waals surface area contributed by atoms with Crippen LogP contribution in [0.15, 0.2) is 0 Å². The molecule has 0 aromatic heterocycles. The van der Waals surface area contributed by atoms with Crippen LogP contribution in [0.25, 0.3) is 0 Å². The molecular weight excluding hydrogens is 155 g/mol. The van der Waals surface area contributed by atoms with Gasteiger partial charge < -0.3 is 4.74 Å². The van der Waals surface area contributed by atoms with Gasteiger partial charge in [-0.15, -0.1) is 0 Å². The molecule has 1 radical (unpaired) electrons. The number of ether oxygens (including phenoxy) is 1. The molecule has 0 rings (SSSR count). The van der Waals surface area contributed by atoms with Crippen LogP contribution in [0.1, 0.15) is 33.1 Å². The van der Waals surface area contributed by atoms with Crippen molar-refractivity contribution >= 4 is 46.8 Å². The topological polar surface area (TPSA) is 9.23 Å².